The van der Waals surface area contributed by atoms with Crippen LogP contribution >= 0.6 is 27.7 Å². The standard InChI is InChI=1S/C15H22BrNOS/c1-11(2)17-15(9-18,12-3-4-12)10-19-14-7-5-13(16)6-8-14/h5-8,11-12,17-18H,3-4,9-10H2,1-2H3. The van der Waals surface area contributed by atoms with Crippen LogP contribution in [0, 0.1) is 5.92 Å². The average Bonchev–Trinajstić information content (AvgIpc) is 3.20. The Morgan fingerprint density at radius 3 is 2.47 bits per heavy atom. The molecule has 2 rings (SSSR count). The van der Waals surface area contributed by atoms with Gasteiger partial charge in [-0.05, 0) is 43.0 Å². The lowest BCUT2D eigenvalue weighted by molar-refractivity contribution is 0.150. The number of aliphatic hydroxyl groups is 1. The molecule has 1 atom stereocenters. The van der Waals surface area contributed by atoms with Crippen LogP contribution in [-0.4, -0.2) is 29.0 Å². The lowest BCUT2D eigenvalue weighted by Crippen LogP contribution is -2.55. The van der Waals surface area contributed by atoms with Gasteiger partial charge in [-0.1, -0.05) is 29.8 Å². The van der Waals surface area contributed by atoms with E-state index in [-0.39, 0.29) is 12.1 Å². The molecule has 0 heterocycles. The van der Waals surface area contributed by atoms with E-state index in [4.69, 9.17) is 0 Å². The summed E-state index contributed by atoms with van der Waals surface area (Å²) in [4.78, 5) is 1.26. The van der Waals surface area contributed by atoms with Crippen molar-refractivity contribution in [1.82, 2.24) is 5.32 Å². The summed E-state index contributed by atoms with van der Waals surface area (Å²) in [6, 6.07) is 8.78. The first-order valence-electron chi connectivity index (χ1n) is 6.83. The Hall–Kier alpha value is -0.0300. The third kappa shape index (κ3) is 4.22. The fraction of sp³-hybridized carbons (Fsp3) is 0.600. The van der Waals surface area contributed by atoms with Gasteiger partial charge in [-0.15, -0.1) is 11.8 Å². The number of aliphatic hydroxyl groups excluding tert-OH is 1. The van der Waals surface area contributed by atoms with Gasteiger partial charge >= 0.3 is 0 Å². The molecule has 0 radical (unpaired) electrons. The lowest BCUT2D eigenvalue weighted by Gasteiger charge is -2.35. The molecule has 1 fully saturated rings. The maximum absolute atomic E-state index is 9.87. The molecule has 0 aromatic heterocycles. The minimum Gasteiger partial charge on any atom is -0.394 e. The molecule has 1 aliphatic rings. The first-order valence-corrected chi connectivity index (χ1v) is 8.60. The SMILES string of the molecule is CC(C)NC(CO)(CSc1ccc(Br)cc1)C1CC1. The molecular formula is C15H22BrNOS. The van der Waals surface area contributed by atoms with Crippen LogP contribution in [0.3, 0.4) is 0 Å². The van der Waals surface area contributed by atoms with Crippen molar-refractivity contribution in [2.24, 2.45) is 5.92 Å². The van der Waals surface area contributed by atoms with E-state index in [1.165, 1.54) is 17.7 Å². The number of thioether (sulfide) groups is 1. The van der Waals surface area contributed by atoms with Crippen molar-refractivity contribution >= 4 is 27.7 Å². The van der Waals surface area contributed by atoms with E-state index in [0.717, 1.165) is 10.2 Å². The maximum atomic E-state index is 9.87. The van der Waals surface area contributed by atoms with E-state index in [9.17, 15) is 5.11 Å². The molecule has 0 spiro atoms. The van der Waals surface area contributed by atoms with E-state index < -0.39 is 0 Å². The molecule has 0 saturated heterocycles. The smallest absolute Gasteiger partial charge is 0.0624 e. The van der Waals surface area contributed by atoms with Crippen LogP contribution in [-0.2, 0) is 0 Å². The Balaban J connectivity index is 2.01. The van der Waals surface area contributed by atoms with Gasteiger partial charge in [-0.3, -0.25) is 0 Å². The predicted octanol–water partition coefficient (Wildman–Crippen LogP) is 3.68. The number of hydrogen-bond donors (Lipinski definition) is 2. The summed E-state index contributed by atoms with van der Waals surface area (Å²) in [5.74, 6) is 1.55. The van der Waals surface area contributed by atoms with Crippen molar-refractivity contribution in [2.45, 2.75) is 43.2 Å². The second-order valence-corrected chi connectivity index (χ2v) is 7.59. The van der Waals surface area contributed by atoms with Gasteiger partial charge in [0.25, 0.3) is 0 Å². The third-order valence-electron chi connectivity index (χ3n) is 3.53. The second kappa shape index (κ2) is 6.61. The number of nitrogens with one attached hydrogen (secondary N) is 1. The molecule has 1 aliphatic carbocycles. The first kappa shape index (κ1) is 15.4. The van der Waals surface area contributed by atoms with Crippen LogP contribution in [0.4, 0.5) is 0 Å². The van der Waals surface area contributed by atoms with Gasteiger partial charge in [0.05, 0.1) is 12.1 Å². The monoisotopic (exact) mass is 343 g/mol. The summed E-state index contributed by atoms with van der Waals surface area (Å²) in [6.07, 6.45) is 2.47. The summed E-state index contributed by atoms with van der Waals surface area (Å²) in [7, 11) is 0. The lowest BCUT2D eigenvalue weighted by atomic mass is 9.95. The Kier molecular flexibility index (Phi) is 5.35. The number of hydrogen-bond acceptors (Lipinski definition) is 3. The van der Waals surface area contributed by atoms with Crippen LogP contribution in [0.5, 0.6) is 0 Å². The summed E-state index contributed by atoms with van der Waals surface area (Å²) < 4.78 is 1.10. The number of rotatable bonds is 7. The van der Waals surface area contributed by atoms with E-state index in [1.807, 2.05) is 11.8 Å². The molecule has 2 N–H and O–H groups in total. The van der Waals surface area contributed by atoms with Gasteiger partial charge in [0, 0.05) is 21.2 Å². The normalized spacial score (nSPS) is 18.6. The largest absolute Gasteiger partial charge is 0.394 e. The Labute approximate surface area is 128 Å². The van der Waals surface area contributed by atoms with Crippen LogP contribution in [0.2, 0.25) is 0 Å². The van der Waals surface area contributed by atoms with E-state index in [0.29, 0.717) is 12.0 Å². The molecule has 1 saturated carbocycles. The van der Waals surface area contributed by atoms with Gasteiger partial charge in [0.15, 0.2) is 0 Å². The van der Waals surface area contributed by atoms with Crippen LogP contribution < -0.4 is 5.32 Å². The molecule has 0 amide bonds. The second-order valence-electron chi connectivity index (χ2n) is 5.63. The van der Waals surface area contributed by atoms with Crippen molar-refractivity contribution in [1.29, 1.82) is 0 Å². The minimum absolute atomic E-state index is 0.119. The van der Waals surface area contributed by atoms with Gasteiger partial charge < -0.3 is 10.4 Å². The highest BCUT2D eigenvalue weighted by atomic mass is 79.9. The zero-order valence-electron chi connectivity index (χ0n) is 11.5. The Morgan fingerprint density at radius 2 is 2.00 bits per heavy atom. The predicted molar refractivity (Wildman–Crippen MR) is 85.7 cm³/mol. The molecule has 4 heteroatoms. The molecule has 19 heavy (non-hydrogen) atoms. The Morgan fingerprint density at radius 1 is 1.37 bits per heavy atom. The first-order chi connectivity index (χ1) is 9.05. The zero-order valence-corrected chi connectivity index (χ0v) is 13.9. The fourth-order valence-electron chi connectivity index (χ4n) is 2.45. The van der Waals surface area contributed by atoms with Gasteiger partial charge in [0.2, 0.25) is 0 Å². The highest BCUT2D eigenvalue weighted by Crippen LogP contribution is 2.42. The molecule has 1 aromatic rings. The molecule has 0 aliphatic heterocycles. The van der Waals surface area contributed by atoms with Crippen molar-refractivity contribution < 1.29 is 5.11 Å². The van der Waals surface area contributed by atoms with Gasteiger partial charge in [-0.2, -0.15) is 0 Å². The molecule has 1 aromatic carbocycles. The van der Waals surface area contributed by atoms with E-state index in [1.54, 1.807) is 0 Å². The van der Waals surface area contributed by atoms with E-state index in [2.05, 4.69) is 59.4 Å². The summed E-state index contributed by atoms with van der Waals surface area (Å²) in [5, 5.41) is 13.5. The molecular weight excluding hydrogens is 322 g/mol. The quantitative estimate of drug-likeness (QED) is 0.740. The molecule has 106 valence electrons. The van der Waals surface area contributed by atoms with Crippen molar-refractivity contribution in [2.75, 3.05) is 12.4 Å². The highest BCUT2D eigenvalue weighted by Gasteiger charge is 2.44. The number of benzene rings is 1. The third-order valence-corrected chi connectivity index (χ3v) is 5.32. The fourth-order valence-corrected chi connectivity index (χ4v) is 3.88. The van der Waals surface area contributed by atoms with Crippen molar-refractivity contribution in [3.8, 4) is 0 Å². The number of halogens is 1. The van der Waals surface area contributed by atoms with E-state index >= 15 is 0 Å². The van der Waals surface area contributed by atoms with Gasteiger partial charge in [0.1, 0.15) is 0 Å². The summed E-state index contributed by atoms with van der Waals surface area (Å²) >= 11 is 5.28. The van der Waals surface area contributed by atoms with Crippen molar-refractivity contribution in [3.63, 3.8) is 0 Å². The summed E-state index contributed by atoms with van der Waals surface area (Å²) in [5.41, 5.74) is -0.119. The molecule has 2 nitrogen and oxygen atoms in total. The average molecular weight is 344 g/mol. The van der Waals surface area contributed by atoms with Gasteiger partial charge in [-0.25, -0.2) is 0 Å². The molecule has 1 unspecified atom stereocenters. The summed E-state index contributed by atoms with van der Waals surface area (Å²) in [6.45, 7) is 4.52. The topological polar surface area (TPSA) is 32.3 Å². The Bertz CT molecular complexity index is 405. The van der Waals surface area contributed by atoms with Crippen LogP contribution in [0.25, 0.3) is 0 Å². The zero-order chi connectivity index (χ0) is 13.9. The van der Waals surface area contributed by atoms with Crippen LogP contribution in [0.15, 0.2) is 33.6 Å². The maximum Gasteiger partial charge on any atom is 0.0624 e. The van der Waals surface area contributed by atoms with Crippen LogP contribution in [0.1, 0.15) is 26.7 Å². The highest BCUT2D eigenvalue weighted by molar-refractivity contribution is 9.10. The minimum atomic E-state index is -0.119. The molecule has 0 bridgehead atoms. The van der Waals surface area contributed by atoms with Crippen molar-refractivity contribution in [3.05, 3.63) is 28.7 Å².